The van der Waals surface area contributed by atoms with Crippen LogP contribution in [0, 0.1) is 24.0 Å². The van der Waals surface area contributed by atoms with E-state index in [0.717, 1.165) is 24.3 Å². The number of benzene rings is 2. The Hall–Kier alpha value is -2.84. The van der Waals surface area contributed by atoms with Crippen LogP contribution in [0.3, 0.4) is 0 Å². The minimum absolute atomic E-state index is 0.0193. The van der Waals surface area contributed by atoms with Crippen LogP contribution in [-0.4, -0.2) is 17.7 Å². The van der Waals surface area contributed by atoms with Crippen LogP contribution in [0.2, 0.25) is 0 Å². The van der Waals surface area contributed by atoms with E-state index in [1.165, 1.54) is 38.1 Å². The second kappa shape index (κ2) is 8.24. The van der Waals surface area contributed by atoms with E-state index in [9.17, 15) is 18.1 Å². The van der Waals surface area contributed by atoms with Crippen molar-refractivity contribution in [1.29, 1.82) is 0 Å². The Labute approximate surface area is 155 Å². The molecule has 0 heterocycles. The zero-order valence-corrected chi connectivity index (χ0v) is 15.5. The molecule has 0 radical (unpaired) electrons. The first-order chi connectivity index (χ1) is 12.6. The molecule has 0 atom stereocenters. The summed E-state index contributed by atoms with van der Waals surface area (Å²) >= 11 is 0. The number of rotatable bonds is 7. The van der Waals surface area contributed by atoms with Gasteiger partial charge in [0, 0.05) is 0 Å². The molecule has 27 heavy (non-hydrogen) atoms. The van der Waals surface area contributed by atoms with Crippen LogP contribution < -0.4 is 9.05 Å². The van der Waals surface area contributed by atoms with Gasteiger partial charge in [0.1, 0.15) is 23.1 Å². The highest BCUT2D eigenvalue weighted by Crippen LogP contribution is 2.48. The topological polar surface area (TPSA) is 61.8 Å². The van der Waals surface area contributed by atoms with Crippen molar-refractivity contribution in [3.63, 3.8) is 0 Å². The first kappa shape index (κ1) is 20.5. The van der Waals surface area contributed by atoms with Crippen molar-refractivity contribution in [2.75, 3.05) is 6.16 Å². The number of carbonyl (C=O) groups excluding carboxylic acids is 1. The first-order valence-electron chi connectivity index (χ1n) is 7.80. The average molecular weight is 394 g/mol. The fourth-order valence-corrected chi connectivity index (χ4v) is 3.33. The molecular formula is C19H17F2O5P. The molecule has 0 amide bonds. The highest BCUT2D eigenvalue weighted by Gasteiger charge is 2.35. The fraction of sp³-hybridized carbons (Fsp3) is 0.211. The van der Waals surface area contributed by atoms with Gasteiger partial charge in [-0.15, -0.1) is 6.42 Å². The third-order valence-corrected chi connectivity index (χ3v) is 4.78. The number of esters is 1. The van der Waals surface area contributed by atoms with Gasteiger partial charge in [-0.1, -0.05) is 5.92 Å². The predicted octanol–water partition coefficient (Wildman–Crippen LogP) is 4.57. The van der Waals surface area contributed by atoms with Gasteiger partial charge < -0.3 is 13.8 Å². The molecule has 2 aromatic rings. The quantitative estimate of drug-likeness (QED) is 0.391. The van der Waals surface area contributed by atoms with Crippen LogP contribution in [0.5, 0.6) is 11.5 Å². The number of hydrogen-bond acceptors (Lipinski definition) is 5. The average Bonchev–Trinajstić information content (AvgIpc) is 2.58. The van der Waals surface area contributed by atoms with Crippen molar-refractivity contribution in [3.8, 4) is 23.8 Å². The standard InChI is InChI=1S/C19H17F2O5P/c1-4-19(2,3)24-18(22)13-27(23,25-16-9-5-14(20)6-10-16)26-17-11-7-15(21)8-12-17/h1,5-12H,13H2,2-3H3. The maximum absolute atomic E-state index is 13.1. The molecular weight excluding hydrogens is 377 g/mol. The number of carbonyl (C=O) groups is 1. The number of hydrogen-bond donors (Lipinski definition) is 0. The Morgan fingerprint density at radius 1 is 1.00 bits per heavy atom. The normalized spacial score (nSPS) is 11.4. The summed E-state index contributed by atoms with van der Waals surface area (Å²) in [6.45, 7) is 2.97. The van der Waals surface area contributed by atoms with Gasteiger partial charge in [-0.2, -0.15) is 0 Å². The van der Waals surface area contributed by atoms with Crippen LogP contribution in [0.25, 0.3) is 0 Å². The molecule has 0 saturated carbocycles. The summed E-state index contributed by atoms with van der Waals surface area (Å²) < 4.78 is 55.0. The Kier molecular flexibility index (Phi) is 6.24. The molecule has 0 bridgehead atoms. The molecule has 2 aromatic carbocycles. The molecule has 0 unspecified atom stereocenters. The van der Waals surface area contributed by atoms with E-state index in [-0.39, 0.29) is 11.5 Å². The van der Waals surface area contributed by atoms with Crippen LogP contribution >= 0.6 is 7.60 Å². The van der Waals surface area contributed by atoms with Gasteiger partial charge in [-0.25, -0.2) is 13.3 Å². The van der Waals surface area contributed by atoms with E-state index in [1.807, 2.05) is 0 Å². The lowest BCUT2D eigenvalue weighted by molar-refractivity contribution is -0.148. The summed E-state index contributed by atoms with van der Waals surface area (Å²) in [7, 11) is -4.13. The second-order valence-electron chi connectivity index (χ2n) is 5.99. The predicted molar refractivity (Wildman–Crippen MR) is 95.5 cm³/mol. The maximum Gasteiger partial charge on any atom is 0.441 e. The Balaban J connectivity index is 2.25. The third-order valence-electron chi connectivity index (χ3n) is 3.16. The Morgan fingerprint density at radius 2 is 1.41 bits per heavy atom. The van der Waals surface area contributed by atoms with Gasteiger partial charge >= 0.3 is 13.6 Å². The van der Waals surface area contributed by atoms with Gasteiger partial charge in [0.15, 0.2) is 11.8 Å². The van der Waals surface area contributed by atoms with Crippen molar-refractivity contribution in [2.45, 2.75) is 19.4 Å². The molecule has 0 aromatic heterocycles. The zero-order chi connectivity index (χ0) is 20.1. The molecule has 0 aliphatic carbocycles. The van der Waals surface area contributed by atoms with Crippen molar-refractivity contribution in [3.05, 3.63) is 60.2 Å². The monoisotopic (exact) mass is 394 g/mol. The lowest BCUT2D eigenvalue weighted by atomic mass is 10.1. The molecule has 0 spiro atoms. The van der Waals surface area contributed by atoms with E-state index < -0.39 is 37.0 Å². The fourth-order valence-electron chi connectivity index (χ4n) is 1.90. The smallest absolute Gasteiger partial charge is 0.441 e. The van der Waals surface area contributed by atoms with Gasteiger partial charge in [-0.3, -0.25) is 4.79 Å². The maximum atomic E-state index is 13.1. The summed E-state index contributed by atoms with van der Waals surface area (Å²) in [4.78, 5) is 12.2. The molecule has 0 aliphatic heterocycles. The summed E-state index contributed by atoms with van der Waals surface area (Å²) in [6.07, 6.45) is 4.51. The summed E-state index contributed by atoms with van der Waals surface area (Å²) in [5.74, 6) is 0.356. The Bertz CT molecular complexity index is 834. The molecule has 8 heteroatoms. The molecule has 0 fully saturated rings. The van der Waals surface area contributed by atoms with Gasteiger partial charge in [0.2, 0.25) is 0 Å². The van der Waals surface area contributed by atoms with Crippen molar-refractivity contribution < 1.29 is 31.9 Å². The second-order valence-corrected chi connectivity index (χ2v) is 7.89. The van der Waals surface area contributed by atoms with E-state index in [2.05, 4.69) is 5.92 Å². The number of halogens is 2. The van der Waals surface area contributed by atoms with Crippen LogP contribution in [0.1, 0.15) is 13.8 Å². The molecule has 0 N–H and O–H groups in total. The lowest BCUT2D eigenvalue weighted by Crippen LogP contribution is -2.28. The largest absolute Gasteiger partial charge is 0.446 e. The minimum atomic E-state index is -4.13. The summed E-state index contributed by atoms with van der Waals surface area (Å²) in [5.41, 5.74) is -1.21. The van der Waals surface area contributed by atoms with Crippen LogP contribution in [0.15, 0.2) is 48.5 Å². The molecule has 142 valence electrons. The Morgan fingerprint density at radius 3 is 1.78 bits per heavy atom. The van der Waals surface area contributed by atoms with Crippen LogP contribution in [-0.2, 0) is 14.1 Å². The number of terminal acetylenes is 1. The zero-order valence-electron chi connectivity index (χ0n) is 14.6. The highest BCUT2D eigenvalue weighted by atomic mass is 31.2. The molecule has 0 aliphatic rings. The van der Waals surface area contributed by atoms with Crippen molar-refractivity contribution in [1.82, 2.24) is 0 Å². The van der Waals surface area contributed by atoms with Gasteiger partial charge in [0.05, 0.1) is 0 Å². The minimum Gasteiger partial charge on any atom is -0.446 e. The lowest BCUT2D eigenvalue weighted by Gasteiger charge is -2.22. The van der Waals surface area contributed by atoms with Crippen molar-refractivity contribution in [2.24, 2.45) is 0 Å². The molecule has 0 saturated heterocycles. The SMILES string of the molecule is C#CC(C)(C)OC(=O)CP(=O)(Oc1ccc(F)cc1)Oc1ccc(F)cc1. The van der Waals surface area contributed by atoms with E-state index >= 15 is 0 Å². The van der Waals surface area contributed by atoms with E-state index in [0.29, 0.717) is 0 Å². The van der Waals surface area contributed by atoms with Crippen molar-refractivity contribution >= 4 is 13.6 Å². The number of ether oxygens (including phenoxy) is 1. The first-order valence-corrected chi connectivity index (χ1v) is 9.53. The van der Waals surface area contributed by atoms with Gasteiger partial charge in [-0.05, 0) is 62.4 Å². The highest BCUT2D eigenvalue weighted by molar-refractivity contribution is 7.55. The summed E-state index contributed by atoms with van der Waals surface area (Å²) in [6, 6.07) is 9.29. The summed E-state index contributed by atoms with van der Waals surface area (Å²) in [5, 5.41) is 0. The van der Waals surface area contributed by atoms with Crippen LogP contribution in [0.4, 0.5) is 8.78 Å². The van der Waals surface area contributed by atoms with E-state index in [1.54, 1.807) is 0 Å². The van der Waals surface area contributed by atoms with E-state index in [4.69, 9.17) is 20.2 Å². The molecule has 2 rings (SSSR count). The third kappa shape index (κ3) is 6.43. The molecule has 5 nitrogen and oxygen atoms in total. The van der Waals surface area contributed by atoms with Gasteiger partial charge in [0.25, 0.3) is 0 Å².